The van der Waals surface area contributed by atoms with Crippen LogP contribution in [0.4, 0.5) is 5.82 Å². The van der Waals surface area contributed by atoms with Crippen LogP contribution in [-0.4, -0.2) is 62.4 Å². The van der Waals surface area contributed by atoms with Crippen molar-refractivity contribution in [1.82, 2.24) is 30.0 Å². The molecule has 32 heavy (non-hydrogen) atoms. The van der Waals surface area contributed by atoms with E-state index in [0.717, 1.165) is 38.8 Å². The summed E-state index contributed by atoms with van der Waals surface area (Å²) in [5.74, 6) is -1.14. The van der Waals surface area contributed by atoms with Crippen LogP contribution in [0.25, 0.3) is 16.7 Å². The summed E-state index contributed by atoms with van der Waals surface area (Å²) in [7, 11) is 0. The fraction of sp³-hybridized carbons (Fsp3) is 0.364. The van der Waals surface area contributed by atoms with Crippen LogP contribution in [0, 0.1) is 5.92 Å². The molecule has 10 heteroatoms. The molecule has 2 aliphatic rings. The SMILES string of the molecule is [2H]C([2H])([2H])NC(=O)c1nnc(NC(=O)C2CC2)cc1-n1cnc2cc(C(=O)N3CCCC3)ccc21. The van der Waals surface area contributed by atoms with Crippen molar-refractivity contribution in [2.24, 2.45) is 5.92 Å². The number of carbonyl (C=O) groups is 3. The molecule has 2 aromatic heterocycles. The molecule has 0 bridgehead atoms. The van der Waals surface area contributed by atoms with Crippen molar-refractivity contribution in [3.8, 4) is 5.69 Å². The topological polar surface area (TPSA) is 122 Å². The van der Waals surface area contributed by atoms with Crippen LogP contribution >= 0.6 is 0 Å². The van der Waals surface area contributed by atoms with Gasteiger partial charge >= 0.3 is 0 Å². The van der Waals surface area contributed by atoms with Gasteiger partial charge in [0.25, 0.3) is 11.8 Å². The number of hydrogen-bond acceptors (Lipinski definition) is 6. The van der Waals surface area contributed by atoms with Gasteiger partial charge in [0.05, 0.1) is 16.7 Å². The van der Waals surface area contributed by atoms with Gasteiger partial charge in [-0.25, -0.2) is 4.98 Å². The summed E-state index contributed by atoms with van der Waals surface area (Å²) >= 11 is 0. The zero-order valence-electron chi connectivity index (χ0n) is 20.2. The number of anilines is 1. The molecular formula is C22H23N7O3. The van der Waals surface area contributed by atoms with E-state index in [2.05, 4.69) is 20.5 Å². The van der Waals surface area contributed by atoms with Gasteiger partial charge in [0.1, 0.15) is 6.33 Å². The molecule has 3 heterocycles. The van der Waals surface area contributed by atoms with Crippen molar-refractivity contribution >= 4 is 34.6 Å². The smallest absolute Gasteiger partial charge is 0.273 e. The second kappa shape index (κ2) is 8.03. The molecule has 1 aliphatic heterocycles. The van der Waals surface area contributed by atoms with Crippen LogP contribution in [0.2, 0.25) is 0 Å². The number of aromatic nitrogens is 4. The minimum absolute atomic E-state index is 0.0626. The lowest BCUT2D eigenvalue weighted by Crippen LogP contribution is -2.27. The van der Waals surface area contributed by atoms with Crippen LogP contribution < -0.4 is 10.6 Å². The normalized spacial score (nSPS) is 17.5. The minimum atomic E-state index is -2.73. The second-order valence-electron chi connectivity index (χ2n) is 8.00. The van der Waals surface area contributed by atoms with Crippen LogP contribution in [0.1, 0.15) is 50.6 Å². The number of carbonyl (C=O) groups excluding carboxylic acids is 3. The lowest BCUT2D eigenvalue weighted by molar-refractivity contribution is -0.117. The Morgan fingerprint density at radius 1 is 1.12 bits per heavy atom. The Labute approximate surface area is 188 Å². The minimum Gasteiger partial charge on any atom is -0.354 e. The highest BCUT2D eigenvalue weighted by Gasteiger charge is 2.30. The number of likely N-dealkylation sites (tertiary alicyclic amines) is 1. The van der Waals surface area contributed by atoms with Crippen molar-refractivity contribution in [1.29, 1.82) is 0 Å². The number of hydrogen-bond donors (Lipinski definition) is 2. The Kier molecular flexibility index (Phi) is 4.22. The maximum absolute atomic E-state index is 12.8. The first-order valence-corrected chi connectivity index (χ1v) is 10.5. The molecule has 3 amide bonds. The second-order valence-corrected chi connectivity index (χ2v) is 8.00. The van der Waals surface area contributed by atoms with E-state index in [4.69, 9.17) is 4.11 Å². The quantitative estimate of drug-likeness (QED) is 0.628. The highest BCUT2D eigenvalue weighted by molar-refractivity contribution is 5.99. The van der Waals surface area contributed by atoms with Crippen LogP contribution in [-0.2, 0) is 4.79 Å². The maximum Gasteiger partial charge on any atom is 0.273 e. The van der Waals surface area contributed by atoms with Gasteiger partial charge in [0.15, 0.2) is 11.5 Å². The summed E-state index contributed by atoms with van der Waals surface area (Å²) in [6, 6.07) is 6.53. The zero-order chi connectivity index (χ0) is 24.7. The molecule has 10 nitrogen and oxygen atoms in total. The molecule has 1 aromatic carbocycles. The summed E-state index contributed by atoms with van der Waals surface area (Å²) in [6.45, 7) is -1.27. The summed E-state index contributed by atoms with van der Waals surface area (Å²) < 4.78 is 23.6. The standard InChI is InChI=1S/C22H23N7O3/c1-23-21(31)19-17(11-18(26-27-19)25-20(30)13-4-5-13)29-12-24-15-10-14(6-7-16(15)29)22(32)28-8-2-3-9-28/h6-7,10-13H,2-5,8-9H2,1H3,(H,23,31)(H,25,26,30)/i1D3. The fourth-order valence-corrected chi connectivity index (χ4v) is 3.86. The van der Waals surface area contributed by atoms with E-state index in [1.54, 1.807) is 27.7 Å². The van der Waals surface area contributed by atoms with E-state index < -0.39 is 12.9 Å². The van der Waals surface area contributed by atoms with E-state index in [1.807, 2.05) is 5.32 Å². The van der Waals surface area contributed by atoms with Crippen molar-refractivity contribution in [2.45, 2.75) is 25.7 Å². The molecule has 0 radical (unpaired) electrons. The van der Waals surface area contributed by atoms with E-state index in [9.17, 15) is 14.4 Å². The molecule has 2 fully saturated rings. The number of nitrogens with zero attached hydrogens (tertiary/aromatic N) is 5. The molecule has 1 saturated carbocycles. The molecule has 164 valence electrons. The first-order chi connectivity index (χ1) is 16.7. The predicted molar refractivity (Wildman–Crippen MR) is 117 cm³/mol. The van der Waals surface area contributed by atoms with Gasteiger partial charge in [0, 0.05) is 41.7 Å². The number of nitrogens with one attached hydrogen (secondary N) is 2. The summed E-state index contributed by atoms with van der Waals surface area (Å²) in [6.07, 6.45) is 5.02. The lowest BCUT2D eigenvalue weighted by atomic mass is 10.1. The van der Waals surface area contributed by atoms with Crippen LogP contribution in [0.5, 0.6) is 0 Å². The van der Waals surface area contributed by atoms with Crippen molar-refractivity contribution in [2.75, 3.05) is 25.4 Å². The molecule has 3 aromatic rings. The Bertz CT molecular complexity index is 1330. The predicted octanol–water partition coefficient (Wildman–Crippen LogP) is 1.76. The van der Waals surface area contributed by atoms with E-state index in [-0.39, 0.29) is 34.9 Å². The first-order valence-electron chi connectivity index (χ1n) is 12.0. The molecule has 1 saturated heterocycles. The number of benzene rings is 1. The van der Waals surface area contributed by atoms with Crippen LogP contribution in [0.15, 0.2) is 30.6 Å². The average molecular weight is 436 g/mol. The Morgan fingerprint density at radius 2 is 1.94 bits per heavy atom. The van der Waals surface area contributed by atoms with Gasteiger partial charge in [-0.3, -0.25) is 19.0 Å². The third-order valence-corrected chi connectivity index (χ3v) is 5.75. The van der Waals surface area contributed by atoms with Gasteiger partial charge in [-0.05, 0) is 43.9 Å². The number of imidazole rings is 1. The van der Waals surface area contributed by atoms with Gasteiger partial charge in [0.2, 0.25) is 5.91 Å². The van der Waals surface area contributed by atoms with E-state index in [1.165, 1.54) is 12.4 Å². The largest absolute Gasteiger partial charge is 0.354 e. The number of fused-ring (bicyclic) bond motifs is 1. The van der Waals surface area contributed by atoms with Crippen molar-refractivity contribution < 1.29 is 18.5 Å². The molecule has 0 unspecified atom stereocenters. The van der Waals surface area contributed by atoms with Gasteiger partial charge in [-0.1, -0.05) is 0 Å². The molecular weight excluding hydrogens is 410 g/mol. The van der Waals surface area contributed by atoms with Gasteiger partial charge < -0.3 is 15.5 Å². The van der Waals surface area contributed by atoms with E-state index in [0.29, 0.717) is 16.6 Å². The highest BCUT2D eigenvalue weighted by Crippen LogP contribution is 2.30. The van der Waals surface area contributed by atoms with Gasteiger partial charge in [-0.2, -0.15) is 0 Å². The lowest BCUT2D eigenvalue weighted by Gasteiger charge is -2.15. The third kappa shape index (κ3) is 3.68. The fourth-order valence-electron chi connectivity index (χ4n) is 3.86. The first kappa shape index (κ1) is 16.8. The Hall–Kier alpha value is -3.82. The molecule has 2 N–H and O–H groups in total. The van der Waals surface area contributed by atoms with E-state index >= 15 is 0 Å². The maximum atomic E-state index is 12.8. The van der Waals surface area contributed by atoms with Crippen molar-refractivity contribution in [3.63, 3.8) is 0 Å². The van der Waals surface area contributed by atoms with Crippen molar-refractivity contribution in [3.05, 3.63) is 41.9 Å². The van der Waals surface area contributed by atoms with Crippen LogP contribution in [0.3, 0.4) is 0 Å². The highest BCUT2D eigenvalue weighted by atomic mass is 16.2. The molecule has 5 rings (SSSR count). The van der Waals surface area contributed by atoms with Gasteiger partial charge in [-0.15, -0.1) is 10.2 Å². The summed E-state index contributed by atoms with van der Waals surface area (Å²) in [4.78, 5) is 43.9. The Morgan fingerprint density at radius 3 is 2.69 bits per heavy atom. The Balaban J connectivity index is 1.53. The molecule has 0 spiro atoms. The zero-order valence-corrected chi connectivity index (χ0v) is 17.2. The summed E-state index contributed by atoms with van der Waals surface area (Å²) in [5.41, 5.74) is 1.53. The third-order valence-electron chi connectivity index (χ3n) is 5.75. The number of amides is 3. The average Bonchev–Trinajstić information content (AvgIpc) is 3.36. The number of rotatable bonds is 5. The molecule has 0 atom stereocenters. The summed E-state index contributed by atoms with van der Waals surface area (Å²) in [5, 5.41) is 12.4. The monoisotopic (exact) mass is 436 g/mol. The molecule has 1 aliphatic carbocycles.